The normalized spacial score (nSPS) is 22.3. The molecule has 2 saturated heterocycles. The standard InChI is InChI=1S/C20H24F2N4O3/c1-3-25-8-11(19(28)29)18(27)12-15(23)13(21)17(14(22)16(12)25)26-7-5-20(10-26)4-6-24(2)9-20/h8H,3-7,9-10,23H2,1-2H3,(H,28,29). The molecule has 1 atom stereocenters. The number of nitrogens with zero attached hydrogens (tertiary/aromatic N) is 3. The molecule has 2 aliphatic heterocycles. The molecular formula is C20H24F2N4O3. The lowest BCUT2D eigenvalue weighted by atomic mass is 9.86. The minimum absolute atomic E-state index is 0.00502. The first-order valence-corrected chi connectivity index (χ1v) is 9.69. The van der Waals surface area contributed by atoms with Gasteiger partial charge in [-0.25, -0.2) is 13.6 Å². The zero-order valence-electron chi connectivity index (χ0n) is 16.5. The van der Waals surface area contributed by atoms with E-state index in [-0.39, 0.29) is 23.2 Å². The highest BCUT2D eigenvalue weighted by Gasteiger charge is 2.44. The molecule has 29 heavy (non-hydrogen) atoms. The quantitative estimate of drug-likeness (QED) is 0.759. The first-order valence-electron chi connectivity index (χ1n) is 9.69. The number of halogens is 2. The number of pyridine rings is 1. The van der Waals surface area contributed by atoms with Gasteiger partial charge in [0.1, 0.15) is 11.3 Å². The predicted molar refractivity (Wildman–Crippen MR) is 107 cm³/mol. The number of hydrogen-bond acceptors (Lipinski definition) is 5. The summed E-state index contributed by atoms with van der Waals surface area (Å²) >= 11 is 0. The first kappa shape index (κ1) is 19.6. The molecule has 2 aliphatic rings. The minimum atomic E-state index is -1.46. The third kappa shape index (κ3) is 2.87. The van der Waals surface area contributed by atoms with Crippen LogP contribution in [0.1, 0.15) is 30.1 Å². The van der Waals surface area contributed by atoms with Crippen LogP contribution < -0.4 is 16.1 Å². The summed E-state index contributed by atoms with van der Waals surface area (Å²) in [5.41, 5.74) is 3.50. The van der Waals surface area contributed by atoms with E-state index in [2.05, 4.69) is 4.90 Å². The van der Waals surface area contributed by atoms with Crippen LogP contribution in [-0.4, -0.2) is 53.8 Å². The van der Waals surface area contributed by atoms with E-state index in [4.69, 9.17) is 5.73 Å². The molecular weight excluding hydrogens is 382 g/mol. The second-order valence-corrected chi connectivity index (χ2v) is 8.24. The molecule has 4 rings (SSSR count). The van der Waals surface area contributed by atoms with Crippen LogP contribution >= 0.6 is 0 Å². The van der Waals surface area contributed by atoms with Gasteiger partial charge in [-0.15, -0.1) is 0 Å². The highest BCUT2D eigenvalue weighted by Crippen LogP contribution is 2.44. The van der Waals surface area contributed by atoms with Crippen molar-refractivity contribution in [3.63, 3.8) is 0 Å². The van der Waals surface area contributed by atoms with Gasteiger partial charge in [0.25, 0.3) is 0 Å². The average molecular weight is 406 g/mol. The van der Waals surface area contributed by atoms with Crippen LogP contribution in [0, 0.1) is 17.0 Å². The molecule has 0 amide bonds. The number of aryl methyl sites for hydroxylation is 1. The summed E-state index contributed by atoms with van der Waals surface area (Å²) in [5, 5.41) is 8.87. The van der Waals surface area contributed by atoms with Crippen molar-refractivity contribution < 1.29 is 18.7 Å². The molecule has 3 N–H and O–H groups in total. The number of nitrogen functional groups attached to an aromatic ring is 1. The zero-order valence-corrected chi connectivity index (χ0v) is 16.5. The molecule has 1 aromatic carbocycles. The van der Waals surface area contributed by atoms with E-state index < -0.39 is 39.7 Å². The molecule has 1 aromatic heterocycles. The molecule has 7 nitrogen and oxygen atoms in total. The number of aromatic carboxylic acids is 1. The highest BCUT2D eigenvalue weighted by atomic mass is 19.1. The van der Waals surface area contributed by atoms with E-state index in [1.54, 1.807) is 11.8 Å². The zero-order chi connectivity index (χ0) is 21.1. The topological polar surface area (TPSA) is 91.8 Å². The lowest BCUT2D eigenvalue weighted by Crippen LogP contribution is -2.31. The van der Waals surface area contributed by atoms with Gasteiger partial charge in [0.2, 0.25) is 5.43 Å². The Kier molecular flexibility index (Phi) is 4.53. The van der Waals surface area contributed by atoms with Gasteiger partial charge in [-0.3, -0.25) is 4.79 Å². The van der Waals surface area contributed by atoms with Crippen molar-refractivity contribution in [3.05, 3.63) is 33.6 Å². The number of carbonyl (C=O) groups is 1. The Morgan fingerprint density at radius 1 is 1.24 bits per heavy atom. The summed E-state index contributed by atoms with van der Waals surface area (Å²) < 4.78 is 32.2. The average Bonchev–Trinajstić information content (AvgIpc) is 3.25. The van der Waals surface area contributed by atoms with E-state index in [1.165, 1.54) is 4.57 Å². The van der Waals surface area contributed by atoms with Gasteiger partial charge in [-0.1, -0.05) is 0 Å². The summed E-state index contributed by atoms with van der Waals surface area (Å²) in [6, 6.07) is 0. The maximum Gasteiger partial charge on any atom is 0.341 e. The minimum Gasteiger partial charge on any atom is -0.477 e. The number of hydrogen-bond donors (Lipinski definition) is 2. The number of aromatic nitrogens is 1. The van der Waals surface area contributed by atoms with Crippen molar-refractivity contribution in [3.8, 4) is 0 Å². The van der Waals surface area contributed by atoms with Crippen molar-refractivity contribution in [1.82, 2.24) is 9.47 Å². The van der Waals surface area contributed by atoms with Crippen LogP contribution in [0.15, 0.2) is 11.0 Å². The number of benzene rings is 1. The molecule has 2 aromatic rings. The molecule has 1 spiro atoms. The smallest absolute Gasteiger partial charge is 0.341 e. The van der Waals surface area contributed by atoms with Crippen molar-refractivity contribution in [2.75, 3.05) is 43.9 Å². The highest BCUT2D eigenvalue weighted by molar-refractivity contribution is 5.99. The third-order valence-corrected chi connectivity index (χ3v) is 6.36. The first-order chi connectivity index (χ1) is 13.7. The Morgan fingerprint density at radius 3 is 2.52 bits per heavy atom. The molecule has 3 heterocycles. The molecule has 0 radical (unpaired) electrons. The maximum absolute atomic E-state index is 15.6. The SMILES string of the molecule is CCn1cc(C(=O)O)c(=O)c2c(N)c(F)c(N3CCC4(CCN(C)C4)C3)c(F)c21. The largest absolute Gasteiger partial charge is 0.477 e. The van der Waals surface area contributed by atoms with E-state index >= 15 is 8.78 Å². The summed E-state index contributed by atoms with van der Waals surface area (Å²) in [5.74, 6) is -3.33. The van der Waals surface area contributed by atoms with Gasteiger partial charge in [0.05, 0.1) is 16.6 Å². The molecule has 0 bridgehead atoms. The van der Waals surface area contributed by atoms with Crippen LogP contribution in [0.4, 0.5) is 20.2 Å². The second kappa shape index (κ2) is 6.69. The third-order valence-electron chi connectivity index (χ3n) is 6.36. The fourth-order valence-corrected chi connectivity index (χ4v) is 4.89. The summed E-state index contributed by atoms with van der Waals surface area (Å²) in [6.07, 6.45) is 2.88. The van der Waals surface area contributed by atoms with Crippen LogP contribution in [0.5, 0.6) is 0 Å². The second-order valence-electron chi connectivity index (χ2n) is 8.24. The molecule has 9 heteroatoms. The lowest BCUT2D eigenvalue weighted by molar-refractivity contribution is 0.0695. The van der Waals surface area contributed by atoms with Crippen LogP contribution in [0.3, 0.4) is 0 Å². The number of rotatable bonds is 3. The maximum atomic E-state index is 15.6. The van der Waals surface area contributed by atoms with Gasteiger partial charge in [0, 0.05) is 37.8 Å². The van der Waals surface area contributed by atoms with Crippen LogP contribution in [0.2, 0.25) is 0 Å². The van der Waals surface area contributed by atoms with E-state index in [0.29, 0.717) is 13.1 Å². The number of fused-ring (bicyclic) bond motifs is 1. The van der Waals surface area contributed by atoms with Crippen LogP contribution in [0.25, 0.3) is 10.9 Å². The van der Waals surface area contributed by atoms with E-state index in [0.717, 1.165) is 32.1 Å². The number of carboxylic acids is 1. The number of anilines is 2. The van der Waals surface area contributed by atoms with Gasteiger partial charge in [-0.05, 0) is 33.4 Å². The fourth-order valence-electron chi connectivity index (χ4n) is 4.89. The Balaban J connectivity index is 1.92. The van der Waals surface area contributed by atoms with E-state index in [1.807, 2.05) is 7.05 Å². The summed E-state index contributed by atoms with van der Waals surface area (Å²) in [7, 11) is 2.03. The number of likely N-dealkylation sites (tertiary alicyclic amines) is 1. The van der Waals surface area contributed by atoms with E-state index in [9.17, 15) is 14.7 Å². The lowest BCUT2D eigenvalue weighted by Gasteiger charge is -2.26. The van der Waals surface area contributed by atoms with Gasteiger partial charge in [0.15, 0.2) is 11.6 Å². The Morgan fingerprint density at radius 2 is 1.93 bits per heavy atom. The van der Waals surface area contributed by atoms with Crippen molar-refractivity contribution >= 4 is 28.2 Å². The summed E-state index contributed by atoms with van der Waals surface area (Å²) in [6.45, 7) is 4.72. The molecule has 0 aliphatic carbocycles. The molecule has 2 fully saturated rings. The molecule has 1 unspecified atom stereocenters. The van der Waals surface area contributed by atoms with Crippen molar-refractivity contribution in [2.45, 2.75) is 26.3 Å². The van der Waals surface area contributed by atoms with Gasteiger partial charge >= 0.3 is 5.97 Å². The molecule has 0 saturated carbocycles. The Labute approximate surface area is 166 Å². The van der Waals surface area contributed by atoms with Crippen LogP contribution in [-0.2, 0) is 6.54 Å². The number of carboxylic acid groups (broad SMARTS) is 1. The summed E-state index contributed by atoms with van der Waals surface area (Å²) in [4.78, 5) is 27.9. The van der Waals surface area contributed by atoms with Crippen molar-refractivity contribution in [1.29, 1.82) is 0 Å². The molecule has 156 valence electrons. The fraction of sp³-hybridized carbons (Fsp3) is 0.500. The number of nitrogens with two attached hydrogens (primary N) is 1. The van der Waals surface area contributed by atoms with Gasteiger partial charge in [-0.2, -0.15) is 0 Å². The Bertz CT molecular complexity index is 1080. The van der Waals surface area contributed by atoms with Gasteiger partial charge < -0.3 is 25.2 Å². The van der Waals surface area contributed by atoms with Crippen molar-refractivity contribution in [2.24, 2.45) is 5.41 Å². The Hall–Kier alpha value is -2.68. The predicted octanol–water partition coefficient (Wildman–Crippen LogP) is 2.11. The monoisotopic (exact) mass is 406 g/mol.